The van der Waals surface area contributed by atoms with Crippen LogP contribution < -0.4 is 0 Å². The van der Waals surface area contributed by atoms with Gasteiger partial charge in [-0.2, -0.15) is 0 Å². The maximum Gasteiger partial charge on any atom is 0.222 e. The second-order valence-electron chi connectivity index (χ2n) is 10.1. The topological polar surface area (TPSA) is 20.3 Å². The molecule has 1 saturated heterocycles. The van der Waals surface area contributed by atoms with E-state index in [1.807, 2.05) is 0 Å². The summed E-state index contributed by atoms with van der Waals surface area (Å²) in [5, 5.41) is 0. The Morgan fingerprint density at radius 1 is 1.04 bits per heavy atom. The van der Waals surface area contributed by atoms with Crippen LogP contribution in [0.15, 0.2) is 0 Å². The zero-order valence-electron chi connectivity index (χ0n) is 15.8. The van der Waals surface area contributed by atoms with Gasteiger partial charge >= 0.3 is 0 Å². The molecule has 3 unspecified atom stereocenters. The number of amides is 1. The molecular weight excluding hydrogens is 282 g/mol. The van der Waals surface area contributed by atoms with Crippen LogP contribution in [-0.2, 0) is 4.79 Å². The molecule has 1 amide bonds. The van der Waals surface area contributed by atoms with Gasteiger partial charge in [-0.05, 0) is 78.9 Å². The third-order valence-electron chi connectivity index (χ3n) is 9.32. The molecule has 23 heavy (non-hydrogen) atoms. The average molecular weight is 318 g/mol. The van der Waals surface area contributed by atoms with Crippen LogP contribution in [0.25, 0.3) is 0 Å². The van der Waals surface area contributed by atoms with E-state index in [0.717, 1.165) is 42.4 Å². The lowest BCUT2D eigenvalue weighted by molar-refractivity contribution is -0.159. The van der Waals surface area contributed by atoms with Crippen molar-refractivity contribution >= 4 is 5.91 Å². The zero-order chi connectivity index (χ0) is 16.6. The van der Waals surface area contributed by atoms with E-state index in [1.54, 1.807) is 0 Å². The summed E-state index contributed by atoms with van der Waals surface area (Å²) >= 11 is 0. The predicted octanol–water partition coefficient (Wildman–Crippen LogP) is 4.73. The minimum Gasteiger partial charge on any atom is -0.342 e. The number of likely N-dealkylation sites (tertiary alicyclic amines) is 1. The van der Waals surface area contributed by atoms with Crippen molar-refractivity contribution in [2.45, 2.75) is 78.7 Å². The van der Waals surface area contributed by atoms with Crippen molar-refractivity contribution < 1.29 is 4.79 Å². The molecule has 0 aromatic carbocycles. The van der Waals surface area contributed by atoms with Crippen molar-refractivity contribution in [3.05, 3.63) is 0 Å². The monoisotopic (exact) mass is 317 g/mol. The SMILES string of the molecule is CC1CC(C)[C@@]2(C)CC[C@@H]3[C@@H](CCC4N(C)C(=O)CC[C@@]43C)[C@H]12. The first-order valence-corrected chi connectivity index (χ1v) is 10.0. The van der Waals surface area contributed by atoms with Crippen molar-refractivity contribution in [3.63, 3.8) is 0 Å². The average Bonchev–Trinajstić information content (AvgIpc) is 2.73. The Morgan fingerprint density at radius 3 is 2.52 bits per heavy atom. The highest BCUT2D eigenvalue weighted by Gasteiger charge is 2.61. The molecule has 1 heterocycles. The molecule has 0 bridgehead atoms. The molecule has 0 spiro atoms. The summed E-state index contributed by atoms with van der Waals surface area (Å²) in [5.41, 5.74) is 0.957. The normalized spacial score (nSPS) is 56.0. The highest BCUT2D eigenvalue weighted by molar-refractivity contribution is 5.77. The summed E-state index contributed by atoms with van der Waals surface area (Å²) in [6.45, 7) is 10.2. The van der Waals surface area contributed by atoms with E-state index in [-0.39, 0.29) is 0 Å². The standard InChI is InChI=1S/C21H35NO/c1-13-12-14(2)20(3)10-8-16-15(19(13)20)6-7-17-21(16,4)11-9-18(23)22(17)5/h13-17,19H,6-12H2,1-5H3/t13?,14?,15-,16-,17?,19+,20-,21-/m1/s1. The number of hydrogen-bond donors (Lipinski definition) is 0. The van der Waals surface area contributed by atoms with E-state index < -0.39 is 0 Å². The second-order valence-corrected chi connectivity index (χ2v) is 10.1. The molecular formula is C21H35NO. The van der Waals surface area contributed by atoms with Gasteiger partial charge in [0.1, 0.15) is 0 Å². The highest BCUT2D eigenvalue weighted by atomic mass is 16.2. The Labute approximate surface area is 142 Å². The van der Waals surface area contributed by atoms with Crippen molar-refractivity contribution in [3.8, 4) is 0 Å². The Morgan fingerprint density at radius 2 is 1.78 bits per heavy atom. The van der Waals surface area contributed by atoms with Crippen LogP contribution in [0, 0.1) is 40.4 Å². The van der Waals surface area contributed by atoms with Crippen molar-refractivity contribution in [2.24, 2.45) is 40.4 Å². The molecule has 2 nitrogen and oxygen atoms in total. The highest BCUT2D eigenvalue weighted by Crippen LogP contribution is 2.67. The van der Waals surface area contributed by atoms with E-state index in [1.165, 1.54) is 32.1 Å². The Hall–Kier alpha value is -0.530. The molecule has 8 atom stereocenters. The van der Waals surface area contributed by atoms with Crippen LogP contribution in [0.1, 0.15) is 72.6 Å². The van der Waals surface area contributed by atoms with Crippen LogP contribution in [0.3, 0.4) is 0 Å². The molecule has 4 fully saturated rings. The lowest BCUT2D eigenvalue weighted by Crippen LogP contribution is -2.61. The fraction of sp³-hybridized carbons (Fsp3) is 0.952. The Balaban J connectivity index is 1.68. The van der Waals surface area contributed by atoms with Gasteiger partial charge in [0.15, 0.2) is 0 Å². The van der Waals surface area contributed by atoms with Gasteiger partial charge in [0.2, 0.25) is 5.91 Å². The first-order valence-electron chi connectivity index (χ1n) is 10.0. The van der Waals surface area contributed by atoms with Crippen LogP contribution in [0.2, 0.25) is 0 Å². The van der Waals surface area contributed by atoms with Gasteiger partial charge in [-0.3, -0.25) is 4.79 Å². The van der Waals surface area contributed by atoms with Crippen LogP contribution in [-0.4, -0.2) is 23.9 Å². The largest absolute Gasteiger partial charge is 0.342 e. The van der Waals surface area contributed by atoms with Gasteiger partial charge in [0.25, 0.3) is 0 Å². The van der Waals surface area contributed by atoms with E-state index in [2.05, 4.69) is 39.6 Å². The molecule has 1 aliphatic heterocycles. The lowest BCUT2D eigenvalue weighted by Gasteiger charge is -2.62. The quantitative estimate of drug-likeness (QED) is 0.632. The van der Waals surface area contributed by atoms with Gasteiger partial charge in [0, 0.05) is 19.5 Å². The number of fused-ring (bicyclic) bond motifs is 5. The summed E-state index contributed by atoms with van der Waals surface area (Å²) < 4.78 is 0. The molecule has 0 aromatic heterocycles. The molecule has 4 aliphatic rings. The predicted molar refractivity (Wildman–Crippen MR) is 93.9 cm³/mol. The number of hydrogen-bond acceptors (Lipinski definition) is 1. The van der Waals surface area contributed by atoms with Gasteiger partial charge in [-0.15, -0.1) is 0 Å². The third kappa shape index (κ3) is 1.96. The summed E-state index contributed by atoms with van der Waals surface area (Å²) in [7, 11) is 2.07. The van der Waals surface area contributed by atoms with Crippen molar-refractivity contribution in [1.29, 1.82) is 0 Å². The maximum atomic E-state index is 12.2. The zero-order valence-corrected chi connectivity index (χ0v) is 15.8. The van der Waals surface area contributed by atoms with E-state index in [9.17, 15) is 4.79 Å². The molecule has 0 radical (unpaired) electrons. The first-order chi connectivity index (χ1) is 10.8. The van der Waals surface area contributed by atoms with Gasteiger partial charge in [0.05, 0.1) is 0 Å². The molecule has 0 aromatic rings. The number of piperidine rings is 1. The number of carbonyl (C=O) groups excluding carboxylic acids is 1. The summed E-state index contributed by atoms with van der Waals surface area (Å²) in [6.07, 6.45) is 8.78. The Bertz CT molecular complexity index is 516. The molecule has 3 aliphatic carbocycles. The smallest absolute Gasteiger partial charge is 0.222 e. The maximum absolute atomic E-state index is 12.2. The minimum absolute atomic E-state index is 0.373. The number of carbonyl (C=O) groups is 1. The summed E-state index contributed by atoms with van der Waals surface area (Å²) in [4.78, 5) is 14.3. The Kier molecular flexibility index (Phi) is 3.46. The molecule has 4 rings (SSSR count). The van der Waals surface area contributed by atoms with E-state index >= 15 is 0 Å². The third-order valence-corrected chi connectivity index (χ3v) is 9.32. The lowest BCUT2D eigenvalue weighted by atomic mass is 9.46. The van der Waals surface area contributed by atoms with Gasteiger partial charge < -0.3 is 4.90 Å². The van der Waals surface area contributed by atoms with E-state index in [4.69, 9.17) is 0 Å². The summed E-state index contributed by atoms with van der Waals surface area (Å²) in [6, 6.07) is 0.503. The minimum atomic E-state index is 0.373. The fourth-order valence-electron chi connectivity index (χ4n) is 8.05. The molecule has 130 valence electrons. The number of nitrogens with zero attached hydrogens (tertiary/aromatic N) is 1. The van der Waals surface area contributed by atoms with Crippen molar-refractivity contribution in [2.75, 3.05) is 7.05 Å². The van der Waals surface area contributed by atoms with Crippen LogP contribution in [0.5, 0.6) is 0 Å². The van der Waals surface area contributed by atoms with Crippen LogP contribution >= 0.6 is 0 Å². The fourth-order valence-corrected chi connectivity index (χ4v) is 8.05. The van der Waals surface area contributed by atoms with Gasteiger partial charge in [-0.25, -0.2) is 0 Å². The summed E-state index contributed by atoms with van der Waals surface area (Å²) in [5.74, 6) is 4.86. The second kappa shape index (κ2) is 4.99. The first kappa shape index (κ1) is 16.0. The molecule has 2 heteroatoms. The van der Waals surface area contributed by atoms with Crippen molar-refractivity contribution in [1.82, 2.24) is 4.90 Å². The van der Waals surface area contributed by atoms with Crippen LogP contribution in [0.4, 0.5) is 0 Å². The molecule has 0 N–H and O–H groups in total. The molecule has 3 saturated carbocycles. The van der Waals surface area contributed by atoms with Gasteiger partial charge in [-0.1, -0.05) is 27.7 Å². The van der Waals surface area contributed by atoms with E-state index in [0.29, 0.717) is 22.8 Å². The number of rotatable bonds is 0.